The van der Waals surface area contributed by atoms with Crippen LogP contribution in [0.1, 0.15) is 34.8 Å². The van der Waals surface area contributed by atoms with Gasteiger partial charge in [-0.15, -0.1) is 0 Å². The van der Waals surface area contributed by atoms with E-state index in [0.29, 0.717) is 49.6 Å². The summed E-state index contributed by atoms with van der Waals surface area (Å²) in [5, 5.41) is 13.6. The van der Waals surface area contributed by atoms with Crippen molar-refractivity contribution in [2.75, 3.05) is 44.7 Å². The number of benzene rings is 2. The van der Waals surface area contributed by atoms with E-state index in [1.807, 2.05) is 4.90 Å². The summed E-state index contributed by atoms with van der Waals surface area (Å²) in [5.74, 6) is -2.19. The maximum absolute atomic E-state index is 15.2. The average molecular weight is 497 g/mol. The zero-order chi connectivity index (χ0) is 25.4. The Bertz CT molecular complexity index is 1390. The average Bonchev–Trinajstić information content (AvgIpc) is 3.70. The maximum atomic E-state index is 15.2. The predicted octanol–water partition coefficient (Wildman–Crippen LogP) is 3.49. The van der Waals surface area contributed by atoms with Gasteiger partial charge in [-0.05, 0) is 37.1 Å². The second-order valence-corrected chi connectivity index (χ2v) is 9.13. The highest BCUT2D eigenvalue weighted by Crippen LogP contribution is 2.38. The van der Waals surface area contributed by atoms with Gasteiger partial charge >= 0.3 is 5.97 Å². The number of hydrogen-bond donors (Lipinski definition) is 1. The number of fused-ring (bicyclic) bond motifs is 1. The van der Waals surface area contributed by atoms with Gasteiger partial charge < -0.3 is 19.4 Å². The summed E-state index contributed by atoms with van der Waals surface area (Å²) in [4.78, 5) is 33.4. The summed E-state index contributed by atoms with van der Waals surface area (Å²) in [7, 11) is 1.46. The third kappa shape index (κ3) is 4.68. The lowest BCUT2D eigenvalue weighted by Gasteiger charge is -2.36. The van der Waals surface area contributed by atoms with Crippen LogP contribution in [-0.4, -0.2) is 66.1 Å². The first-order valence-electron chi connectivity index (χ1n) is 11.8. The predicted molar refractivity (Wildman–Crippen MR) is 132 cm³/mol. The summed E-state index contributed by atoms with van der Waals surface area (Å²) < 4.78 is 30.3. The second kappa shape index (κ2) is 9.69. The summed E-state index contributed by atoms with van der Waals surface area (Å²) in [5.41, 5.74) is 1.37. The Hall–Kier alpha value is -3.79. The van der Waals surface area contributed by atoms with Crippen molar-refractivity contribution in [2.45, 2.75) is 18.9 Å². The highest BCUT2D eigenvalue weighted by atomic mass is 19.1. The van der Waals surface area contributed by atoms with E-state index < -0.39 is 17.2 Å². The number of aromatic carboxylic acids is 1. The Morgan fingerprint density at radius 1 is 1.11 bits per heavy atom. The van der Waals surface area contributed by atoms with E-state index in [1.165, 1.54) is 31.5 Å². The molecule has 1 aromatic heterocycles. The van der Waals surface area contributed by atoms with Gasteiger partial charge in [0.1, 0.15) is 30.0 Å². The van der Waals surface area contributed by atoms with Gasteiger partial charge in [0.25, 0.3) is 0 Å². The molecule has 2 fully saturated rings. The molecule has 188 valence electrons. The number of oxime groups is 1. The van der Waals surface area contributed by atoms with Crippen molar-refractivity contribution < 1.29 is 23.5 Å². The van der Waals surface area contributed by atoms with Crippen LogP contribution in [0.25, 0.3) is 10.9 Å². The summed E-state index contributed by atoms with van der Waals surface area (Å²) in [6.07, 6.45) is 3.17. The van der Waals surface area contributed by atoms with Gasteiger partial charge in [-0.3, -0.25) is 9.69 Å². The van der Waals surface area contributed by atoms with Gasteiger partial charge in [-0.2, -0.15) is 0 Å². The first-order chi connectivity index (χ1) is 17.4. The maximum Gasteiger partial charge on any atom is 0.341 e. The fourth-order valence-corrected chi connectivity index (χ4v) is 4.69. The van der Waals surface area contributed by atoms with Crippen molar-refractivity contribution in [2.24, 2.45) is 5.16 Å². The molecule has 1 aliphatic heterocycles. The first kappa shape index (κ1) is 23.9. The largest absolute Gasteiger partial charge is 0.477 e. The highest BCUT2D eigenvalue weighted by molar-refractivity contribution is 6.01. The van der Waals surface area contributed by atoms with E-state index >= 15 is 4.39 Å². The zero-order valence-corrected chi connectivity index (χ0v) is 19.8. The molecule has 36 heavy (non-hydrogen) atoms. The number of halogens is 2. The molecule has 1 aliphatic carbocycles. The van der Waals surface area contributed by atoms with E-state index in [1.54, 1.807) is 22.8 Å². The topological polar surface area (TPSA) is 87.4 Å². The quantitative estimate of drug-likeness (QED) is 0.398. The molecule has 0 bridgehead atoms. The van der Waals surface area contributed by atoms with Crippen molar-refractivity contribution in [3.8, 4) is 0 Å². The summed E-state index contributed by atoms with van der Waals surface area (Å²) >= 11 is 0. The fourth-order valence-electron chi connectivity index (χ4n) is 4.69. The molecule has 0 amide bonds. The number of aromatic nitrogens is 1. The molecule has 0 spiro atoms. The summed E-state index contributed by atoms with van der Waals surface area (Å²) in [6.45, 7) is 2.86. The number of anilines is 1. The first-order valence-corrected chi connectivity index (χ1v) is 11.8. The molecular formula is C26H26F2N4O4. The van der Waals surface area contributed by atoms with Crippen molar-refractivity contribution in [1.82, 2.24) is 9.47 Å². The smallest absolute Gasteiger partial charge is 0.341 e. The molecule has 1 N–H and O–H groups in total. The van der Waals surface area contributed by atoms with Gasteiger partial charge in [0, 0.05) is 55.9 Å². The molecule has 3 aromatic rings. The molecule has 1 saturated carbocycles. The van der Waals surface area contributed by atoms with Crippen molar-refractivity contribution in [3.05, 3.63) is 75.6 Å². The van der Waals surface area contributed by atoms with Crippen LogP contribution in [0.2, 0.25) is 0 Å². The van der Waals surface area contributed by atoms with E-state index in [0.717, 1.165) is 18.4 Å². The Morgan fingerprint density at radius 2 is 1.81 bits per heavy atom. The van der Waals surface area contributed by atoms with Crippen LogP contribution in [0.5, 0.6) is 0 Å². The molecule has 1 saturated heterocycles. The van der Waals surface area contributed by atoms with E-state index in [9.17, 15) is 19.1 Å². The van der Waals surface area contributed by atoms with Crippen LogP contribution in [0.15, 0.2) is 52.5 Å². The molecular weight excluding hydrogens is 470 g/mol. The number of carboxylic acid groups (broad SMARTS) is 1. The van der Waals surface area contributed by atoms with Crippen LogP contribution < -0.4 is 10.3 Å². The zero-order valence-electron chi connectivity index (χ0n) is 19.8. The summed E-state index contributed by atoms with van der Waals surface area (Å²) in [6, 6.07) is 9.02. The van der Waals surface area contributed by atoms with Crippen molar-refractivity contribution in [1.29, 1.82) is 0 Å². The van der Waals surface area contributed by atoms with Crippen molar-refractivity contribution in [3.63, 3.8) is 0 Å². The molecule has 0 radical (unpaired) electrons. The molecule has 10 heteroatoms. The van der Waals surface area contributed by atoms with Crippen LogP contribution >= 0.6 is 0 Å². The van der Waals surface area contributed by atoms with Crippen molar-refractivity contribution >= 4 is 28.3 Å². The third-order valence-corrected chi connectivity index (χ3v) is 6.74. The molecule has 2 aliphatic rings. The number of carbonyl (C=O) groups is 1. The van der Waals surface area contributed by atoms with Gasteiger partial charge in [0.05, 0.1) is 11.2 Å². The number of nitrogens with zero attached hydrogens (tertiary/aromatic N) is 4. The second-order valence-electron chi connectivity index (χ2n) is 9.13. The standard InChI is InChI=1S/C26H26F2N4O4/c1-36-29-22(16-2-4-17(27)5-3-16)15-30-8-10-31(11-9-30)24-13-23-19(12-21(24)28)25(33)20(26(34)35)14-32(23)18-6-7-18/h2-5,12-14,18H,6-11,15H2,1H3,(H,34,35)/b29-22+. The van der Waals surface area contributed by atoms with E-state index in [4.69, 9.17) is 4.84 Å². The third-order valence-electron chi connectivity index (χ3n) is 6.74. The minimum atomic E-state index is -1.31. The normalized spacial score (nSPS) is 17.0. The lowest BCUT2D eigenvalue weighted by atomic mass is 10.1. The molecule has 2 heterocycles. The lowest BCUT2D eigenvalue weighted by Crippen LogP contribution is -2.48. The Balaban J connectivity index is 1.37. The molecule has 0 atom stereocenters. The van der Waals surface area contributed by atoms with Gasteiger partial charge in [0.15, 0.2) is 0 Å². The monoisotopic (exact) mass is 496 g/mol. The SMILES string of the molecule is CO/N=C(\CN1CCN(c2cc3c(cc2F)c(=O)c(C(=O)O)cn3C2CC2)CC1)c1ccc(F)cc1. The number of carboxylic acids is 1. The minimum absolute atomic E-state index is 0.0846. The van der Waals surface area contributed by atoms with E-state index in [-0.39, 0.29) is 22.8 Å². The van der Waals surface area contributed by atoms with Crippen LogP contribution in [0.4, 0.5) is 14.5 Å². The number of rotatable bonds is 7. The van der Waals surface area contributed by atoms with Crippen LogP contribution in [-0.2, 0) is 4.84 Å². The molecule has 2 aromatic carbocycles. The lowest BCUT2D eigenvalue weighted by molar-refractivity contribution is 0.0695. The van der Waals surface area contributed by atoms with Gasteiger partial charge in [-0.1, -0.05) is 17.3 Å². The number of pyridine rings is 1. The van der Waals surface area contributed by atoms with E-state index in [2.05, 4.69) is 10.1 Å². The molecule has 0 unspecified atom stereocenters. The molecule has 8 nitrogen and oxygen atoms in total. The number of hydrogen-bond acceptors (Lipinski definition) is 6. The Morgan fingerprint density at radius 3 is 2.42 bits per heavy atom. The fraction of sp³-hybridized carbons (Fsp3) is 0.346. The van der Waals surface area contributed by atoms with Gasteiger partial charge in [-0.25, -0.2) is 13.6 Å². The van der Waals surface area contributed by atoms with Crippen LogP contribution in [0.3, 0.4) is 0 Å². The Labute approximate surface area is 206 Å². The molecule has 5 rings (SSSR count). The minimum Gasteiger partial charge on any atom is -0.477 e. The highest BCUT2D eigenvalue weighted by Gasteiger charge is 2.28. The Kier molecular flexibility index (Phi) is 6.44. The van der Waals surface area contributed by atoms with Gasteiger partial charge in [0.2, 0.25) is 5.43 Å². The van der Waals surface area contributed by atoms with Crippen LogP contribution in [0, 0.1) is 11.6 Å². The number of piperazine rings is 1.